The number of nitrogens with one attached hydrogen (secondary N) is 1. The second-order valence-electron chi connectivity index (χ2n) is 5.88. The molecule has 5 nitrogen and oxygen atoms in total. The maximum Gasteiger partial charge on any atom is 0.246 e. The maximum absolute atomic E-state index is 14.3. The first kappa shape index (κ1) is 16.7. The van der Waals surface area contributed by atoms with E-state index in [9.17, 15) is 9.18 Å². The van der Waals surface area contributed by atoms with Crippen LogP contribution in [0.25, 0.3) is 0 Å². The molecule has 1 amide bonds. The van der Waals surface area contributed by atoms with Gasteiger partial charge in [-0.15, -0.1) is 0 Å². The number of rotatable bonds is 5. The Bertz CT molecular complexity index is 548. The van der Waals surface area contributed by atoms with Crippen LogP contribution >= 0.6 is 0 Å². The standard InChI is InChI=1S/C16H23FN2O3/c1-9(2)15(18)10-6-11-13(19-14(20)8-21-3)4-5-22-16(11)12(17)7-10/h6-7,9,13,15H,4-5,8,18H2,1-3H3,(H,19,20). The molecule has 2 unspecified atom stereocenters. The average molecular weight is 310 g/mol. The summed E-state index contributed by atoms with van der Waals surface area (Å²) in [6, 6.07) is 2.69. The molecule has 0 radical (unpaired) electrons. The highest BCUT2D eigenvalue weighted by Gasteiger charge is 2.27. The number of benzene rings is 1. The fourth-order valence-electron chi connectivity index (χ4n) is 2.58. The number of halogens is 1. The fraction of sp³-hybridized carbons (Fsp3) is 0.562. The Hall–Kier alpha value is -1.66. The zero-order chi connectivity index (χ0) is 16.3. The summed E-state index contributed by atoms with van der Waals surface area (Å²) >= 11 is 0. The minimum absolute atomic E-state index is 0.0274. The van der Waals surface area contributed by atoms with E-state index in [-0.39, 0.29) is 36.3 Å². The van der Waals surface area contributed by atoms with Crippen LogP contribution in [0.2, 0.25) is 0 Å². The molecule has 1 aromatic carbocycles. The van der Waals surface area contributed by atoms with Gasteiger partial charge in [0.25, 0.3) is 0 Å². The van der Waals surface area contributed by atoms with E-state index in [1.165, 1.54) is 13.2 Å². The Kier molecular flexibility index (Phi) is 5.37. The number of nitrogens with two attached hydrogens (primary N) is 1. The topological polar surface area (TPSA) is 73.6 Å². The number of amides is 1. The number of methoxy groups -OCH3 is 1. The van der Waals surface area contributed by atoms with E-state index in [2.05, 4.69) is 5.32 Å². The van der Waals surface area contributed by atoms with Crippen molar-refractivity contribution in [3.63, 3.8) is 0 Å². The molecule has 2 atom stereocenters. The number of carbonyl (C=O) groups is 1. The zero-order valence-corrected chi connectivity index (χ0v) is 13.2. The molecular formula is C16H23FN2O3. The first-order valence-electron chi connectivity index (χ1n) is 7.44. The van der Waals surface area contributed by atoms with Crippen LogP contribution in [0.4, 0.5) is 4.39 Å². The van der Waals surface area contributed by atoms with Crippen molar-refractivity contribution in [3.05, 3.63) is 29.1 Å². The van der Waals surface area contributed by atoms with Gasteiger partial charge in [0.2, 0.25) is 5.91 Å². The lowest BCUT2D eigenvalue weighted by atomic mass is 9.91. The van der Waals surface area contributed by atoms with Crippen molar-refractivity contribution < 1.29 is 18.7 Å². The van der Waals surface area contributed by atoms with Crippen molar-refractivity contribution in [2.24, 2.45) is 11.7 Å². The highest BCUT2D eigenvalue weighted by atomic mass is 19.1. The molecule has 0 aromatic heterocycles. The average Bonchev–Trinajstić information content (AvgIpc) is 2.47. The summed E-state index contributed by atoms with van der Waals surface area (Å²) < 4.78 is 24.5. The minimum Gasteiger partial charge on any atom is -0.490 e. The normalized spacial score (nSPS) is 18.5. The summed E-state index contributed by atoms with van der Waals surface area (Å²) in [5.74, 6) is -0.286. The molecule has 1 aromatic rings. The summed E-state index contributed by atoms with van der Waals surface area (Å²) in [7, 11) is 1.46. The largest absolute Gasteiger partial charge is 0.490 e. The van der Waals surface area contributed by atoms with Crippen LogP contribution in [0.3, 0.4) is 0 Å². The third-order valence-corrected chi connectivity index (χ3v) is 3.84. The monoisotopic (exact) mass is 310 g/mol. The van der Waals surface area contributed by atoms with Gasteiger partial charge in [-0.25, -0.2) is 4.39 Å². The van der Waals surface area contributed by atoms with Gasteiger partial charge in [0.1, 0.15) is 6.61 Å². The van der Waals surface area contributed by atoms with E-state index >= 15 is 0 Å². The van der Waals surface area contributed by atoms with Crippen LogP contribution in [0.15, 0.2) is 12.1 Å². The van der Waals surface area contributed by atoms with Gasteiger partial charge in [-0.2, -0.15) is 0 Å². The Labute approximate surface area is 130 Å². The molecular weight excluding hydrogens is 287 g/mol. The summed E-state index contributed by atoms with van der Waals surface area (Å²) in [5.41, 5.74) is 7.47. The lowest BCUT2D eigenvalue weighted by Gasteiger charge is -2.28. The molecule has 0 aliphatic carbocycles. The van der Waals surface area contributed by atoms with Gasteiger partial charge in [-0.1, -0.05) is 13.8 Å². The van der Waals surface area contributed by atoms with E-state index < -0.39 is 5.82 Å². The Balaban J connectivity index is 2.33. The molecule has 0 fully saturated rings. The number of hydrogen-bond acceptors (Lipinski definition) is 4. The van der Waals surface area contributed by atoms with E-state index in [1.807, 2.05) is 19.9 Å². The molecule has 0 bridgehead atoms. The molecule has 0 saturated heterocycles. The third kappa shape index (κ3) is 3.56. The van der Waals surface area contributed by atoms with Gasteiger partial charge in [-0.05, 0) is 23.6 Å². The van der Waals surface area contributed by atoms with Crippen LogP contribution in [-0.4, -0.2) is 26.2 Å². The third-order valence-electron chi connectivity index (χ3n) is 3.84. The van der Waals surface area contributed by atoms with Crippen molar-refractivity contribution in [1.82, 2.24) is 5.32 Å². The number of fused-ring (bicyclic) bond motifs is 1. The molecule has 3 N–H and O–H groups in total. The highest BCUT2D eigenvalue weighted by molar-refractivity contribution is 5.77. The molecule has 0 saturated carbocycles. The summed E-state index contributed by atoms with van der Waals surface area (Å²) in [6.07, 6.45) is 0.586. The molecule has 1 heterocycles. The van der Waals surface area contributed by atoms with Gasteiger partial charge in [0.05, 0.1) is 12.6 Å². The predicted molar refractivity (Wildman–Crippen MR) is 81.0 cm³/mol. The summed E-state index contributed by atoms with van der Waals surface area (Å²) in [5, 5.41) is 2.85. The minimum atomic E-state index is -0.436. The van der Waals surface area contributed by atoms with Crippen LogP contribution in [0, 0.1) is 11.7 Å². The number of carbonyl (C=O) groups excluding carboxylic acids is 1. The highest BCUT2D eigenvalue weighted by Crippen LogP contribution is 2.37. The van der Waals surface area contributed by atoms with Crippen molar-refractivity contribution in [2.45, 2.75) is 32.4 Å². The lowest BCUT2D eigenvalue weighted by molar-refractivity contribution is -0.125. The molecule has 0 spiro atoms. The van der Waals surface area contributed by atoms with Gasteiger partial charge in [0, 0.05) is 25.1 Å². The van der Waals surface area contributed by atoms with Gasteiger partial charge in [-0.3, -0.25) is 4.79 Å². The van der Waals surface area contributed by atoms with E-state index in [1.54, 1.807) is 0 Å². The SMILES string of the molecule is COCC(=O)NC1CCOc2c(F)cc(C(N)C(C)C)cc21. The quantitative estimate of drug-likeness (QED) is 0.873. The smallest absolute Gasteiger partial charge is 0.246 e. The van der Waals surface area contributed by atoms with Crippen LogP contribution in [0.1, 0.15) is 43.5 Å². The van der Waals surface area contributed by atoms with Crippen molar-refractivity contribution in [1.29, 1.82) is 0 Å². The molecule has 6 heteroatoms. The first-order chi connectivity index (χ1) is 10.4. The van der Waals surface area contributed by atoms with E-state index in [4.69, 9.17) is 15.2 Å². The van der Waals surface area contributed by atoms with Crippen molar-refractivity contribution >= 4 is 5.91 Å². The Morgan fingerprint density at radius 2 is 2.27 bits per heavy atom. The van der Waals surface area contributed by atoms with Crippen LogP contribution < -0.4 is 15.8 Å². The molecule has 2 rings (SSSR count). The second-order valence-corrected chi connectivity index (χ2v) is 5.88. The van der Waals surface area contributed by atoms with Crippen molar-refractivity contribution in [3.8, 4) is 5.75 Å². The van der Waals surface area contributed by atoms with Gasteiger partial charge >= 0.3 is 0 Å². The molecule has 1 aliphatic heterocycles. The summed E-state index contributed by atoms with van der Waals surface area (Å²) in [4.78, 5) is 11.7. The predicted octanol–water partition coefficient (Wildman–Crippen LogP) is 2.07. The summed E-state index contributed by atoms with van der Waals surface area (Å²) in [6.45, 7) is 4.30. The Morgan fingerprint density at radius 1 is 1.55 bits per heavy atom. The second kappa shape index (κ2) is 7.07. The van der Waals surface area contributed by atoms with E-state index in [0.29, 0.717) is 24.2 Å². The number of hydrogen-bond donors (Lipinski definition) is 2. The van der Waals surface area contributed by atoms with Gasteiger partial charge < -0.3 is 20.5 Å². The number of ether oxygens (including phenoxy) is 2. The van der Waals surface area contributed by atoms with E-state index in [0.717, 1.165) is 0 Å². The first-order valence-corrected chi connectivity index (χ1v) is 7.44. The van der Waals surface area contributed by atoms with Gasteiger partial charge in [0.15, 0.2) is 11.6 Å². The van der Waals surface area contributed by atoms with Crippen molar-refractivity contribution in [2.75, 3.05) is 20.3 Å². The molecule has 22 heavy (non-hydrogen) atoms. The van der Waals surface area contributed by atoms with Crippen LogP contribution in [-0.2, 0) is 9.53 Å². The Morgan fingerprint density at radius 3 is 2.91 bits per heavy atom. The van der Waals surface area contributed by atoms with Crippen LogP contribution in [0.5, 0.6) is 5.75 Å². The fourth-order valence-corrected chi connectivity index (χ4v) is 2.58. The zero-order valence-electron chi connectivity index (χ0n) is 13.2. The molecule has 1 aliphatic rings. The lowest BCUT2D eigenvalue weighted by Crippen LogP contribution is -2.34. The maximum atomic E-state index is 14.3. The molecule has 122 valence electrons.